The zero-order valence-corrected chi connectivity index (χ0v) is 16.7. The fourth-order valence-corrected chi connectivity index (χ4v) is 2.73. The van der Waals surface area contributed by atoms with Gasteiger partial charge in [0.1, 0.15) is 11.5 Å². The smallest absolute Gasteiger partial charge is 0.244 e. The molecule has 0 saturated carbocycles. The minimum absolute atomic E-state index is 0.137. The number of hydrogen-bond acceptors (Lipinski definition) is 4. The Bertz CT molecular complexity index is 770. The Morgan fingerprint density at radius 1 is 1.14 bits per heavy atom. The lowest BCUT2D eigenvalue weighted by molar-refractivity contribution is -0.116. The molecule has 0 bridgehead atoms. The van der Waals surface area contributed by atoms with Gasteiger partial charge >= 0.3 is 0 Å². The molecule has 1 amide bonds. The Kier molecular flexibility index (Phi) is 8.92. The van der Waals surface area contributed by atoms with Crippen molar-refractivity contribution >= 4 is 17.7 Å². The number of benzene rings is 2. The molecule has 2 rings (SSSR count). The molecule has 0 unspecified atom stereocenters. The summed E-state index contributed by atoms with van der Waals surface area (Å²) in [7, 11) is 1.87. The summed E-state index contributed by atoms with van der Waals surface area (Å²) in [6.45, 7) is 3.39. The van der Waals surface area contributed by atoms with E-state index in [4.69, 9.17) is 4.74 Å². The third kappa shape index (κ3) is 7.35. The highest BCUT2D eigenvalue weighted by molar-refractivity contribution is 5.91. The van der Waals surface area contributed by atoms with Gasteiger partial charge in [-0.15, -0.1) is 0 Å². The lowest BCUT2D eigenvalue weighted by Crippen LogP contribution is -2.23. The molecule has 0 fully saturated rings. The van der Waals surface area contributed by atoms with E-state index in [0.717, 1.165) is 41.8 Å². The Hall–Kier alpha value is -2.95. The summed E-state index contributed by atoms with van der Waals surface area (Å²) in [6, 6.07) is 12.8. The maximum Gasteiger partial charge on any atom is 0.244 e. The number of unbranched alkanes of at least 4 members (excludes halogenated alkanes) is 2. The molecule has 0 aliphatic carbocycles. The zero-order valence-electron chi connectivity index (χ0n) is 16.7. The molecule has 0 aliphatic rings. The van der Waals surface area contributed by atoms with Crippen LogP contribution in [0.15, 0.2) is 48.5 Å². The van der Waals surface area contributed by atoms with Gasteiger partial charge in [0.2, 0.25) is 5.91 Å². The van der Waals surface area contributed by atoms with E-state index in [2.05, 4.69) is 17.6 Å². The molecule has 0 heterocycles. The second kappa shape index (κ2) is 11.7. The van der Waals surface area contributed by atoms with Gasteiger partial charge in [-0.1, -0.05) is 38.0 Å². The maximum absolute atomic E-state index is 12.0. The molecular formula is C23H30N2O3. The lowest BCUT2D eigenvalue weighted by atomic mass is 10.1. The highest BCUT2D eigenvalue weighted by Crippen LogP contribution is 2.26. The number of phenols is 1. The molecule has 0 saturated heterocycles. The highest BCUT2D eigenvalue weighted by atomic mass is 16.5. The number of ether oxygens (including phenoxy) is 1. The van der Waals surface area contributed by atoms with Crippen molar-refractivity contribution in [3.63, 3.8) is 0 Å². The minimum Gasteiger partial charge on any atom is -0.508 e. The zero-order chi connectivity index (χ0) is 20.2. The maximum atomic E-state index is 12.0. The fraction of sp³-hybridized carbons (Fsp3) is 0.348. The first-order valence-corrected chi connectivity index (χ1v) is 9.80. The van der Waals surface area contributed by atoms with Crippen LogP contribution in [0.3, 0.4) is 0 Å². The van der Waals surface area contributed by atoms with Crippen LogP contribution in [-0.2, 0) is 11.2 Å². The molecule has 2 aromatic carbocycles. The van der Waals surface area contributed by atoms with Crippen molar-refractivity contribution < 1.29 is 14.6 Å². The summed E-state index contributed by atoms with van der Waals surface area (Å²) in [4.78, 5) is 12.0. The van der Waals surface area contributed by atoms with Crippen molar-refractivity contribution in [2.75, 3.05) is 25.5 Å². The quantitative estimate of drug-likeness (QED) is 0.399. The Morgan fingerprint density at radius 3 is 2.64 bits per heavy atom. The summed E-state index contributed by atoms with van der Waals surface area (Å²) in [6.07, 6.45) is 7.38. The van der Waals surface area contributed by atoms with Gasteiger partial charge in [-0.05, 0) is 54.3 Å². The van der Waals surface area contributed by atoms with Gasteiger partial charge in [-0.25, -0.2) is 0 Å². The predicted molar refractivity (Wildman–Crippen MR) is 115 cm³/mol. The van der Waals surface area contributed by atoms with Gasteiger partial charge < -0.3 is 20.5 Å². The summed E-state index contributed by atoms with van der Waals surface area (Å²) < 4.78 is 5.89. The van der Waals surface area contributed by atoms with E-state index in [1.807, 2.05) is 37.4 Å². The molecule has 0 spiro atoms. The molecule has 0 radical (unpaired) electrons. The third-order valence-corrected chi connectivity index (χ3v) is 4.36. The summed E-state index contributed by atoms with van der Waals surface area (Å²) >= 11 is 0. The number of anilines is 1. The average molecular weight is 383 g/mol. The Labute approximate surface area is 167 Å². The number of aromatic hydroxyl groups is 1. The monoisotopic (exact) mass is 382 g/mol. The number of carbonyl (C=O) groups excluding carboxylic acids is 1. The van der Waals surface area contributed by atoms with Gasteiger partial charge in [-0.3, -0.25) is 4.79 Å². The number of carbonyl (C=O) groups is 1. The van der Waals surface area contributed by atoms with E-state index in [1.54, 1.807) is 18.2 Å². The number of phenolic OH excluding ortho intramolecular Hbond substituents is 1. The molecule has 0 aromatic heterocycles. The van der Waals surface area contributed by atoms with Gasteiger partial charge in [0, 0.05) is 19.7 Å². The highest BCUT2D eigenvalue weighted by Gasteiger charge is 2.04. The fourth-order valence-electron chi connectivity index (χ4n) is 2.73. The van der Waals surface area contributed by atoms with Crippen molar-refractivity contribution in [1.29, 1.82) is 0 Å². The lowest BCUT2D eigenvalue weighted by Gasteiger charge is -2.12. The van der Waals surface area contributed by atoms with Crippen LogP contribution in [0, 0.1) is 0 Å². The van der Waals surface area contributed by atoms with E-state index in [-0.39, 0.29) is 11.7 Å². The van der Waals surface area contributed by atoms with Crippen LogP contribution in [0.25, 0.3) is 6.08 Å². The van der Waals surface area contributed by atoms with Crippen LogP contribution < -0.4 is 15.4 Å². The summed E-state index contributed by atoms with van der Waals surface area (Å²) in [5, 5.41) is 15.3. The van der Waals surface area contributed by atoms with Crippen LogP contribution >= 0.6 is 0 Å². The number of rotatable bonds is 11. The van der Waals surface area contributed by atoms with Gasteiger partial charge in [0.15, 0.2) is 0 Å². The Morgan fingerprint density at radius 2 is 1.93 bits per heavy atom. The van der Waals surface area contributed by atoms with E-state index in [9.17, 15) is 9.90 Å². The molecule has 28 heavy (non-hydrogen) atoms. The molecule has 2 aromatic rings. The molecule has 150 valence electrons. The van der Waals surface area contributed by atoms with E-state index >= 15 is 0 Å². The number of hydrogen-bond donors (Lipinski definition) is 3. The molecule has 5 nitrogen and oxygen atoms in total. The predicted octanol–water partition coefficient (Wildman–Crippen LogP) is 4.38. The second-order valence-corrected chi connectivity index (χ2v) is 6.60. The van der Waals surface area contributed by atoms with E-state index < -0.39 is 0 Å². The summed E-state index contributed by atoms with van der Waals surface area (Å²) in [5.74, 6) is 0.907. The standard InChI is InChI=1S/C23H30N2O3/c1-3-4-5-16-28-22-17-19(8-12-21(22)24-2)9-13-23(27)25-15-14-18-6-10-20(26)11-7-18/h6-13,17,24,26H,3-5,14-16H2,1-2H3,(H,25,27)/b13-9+. The van der Waals surface area contributed by atoms with Crippen LogP contribution in [0.1, 0.15) is 37.3 Å². The first kappa shape index (κ1) is 21.4. The van der Waals surface area contributed by atoms with Crippen molar-refractivity contribution in [2.24, 2.45) is 0 Å². The van der Waals surface area contributed by atoms with Crippen molar-refractivity contribution in [1.82, 2.24) is 5.32 Å². The first-order valence-electron chi connectivity index (χ1n) is 9.80. The van der Waals surface area contributed by atoms with Crippen LogP contribution in [0.5, 0.6) is 11.5 Å². The average Bonchev–Trinajstić information content (AvgIpc) is 2.71. The number of amides is 1. The van der Waals surface area contributed by atoms with E-state index in [0.29, 0.717) is 19.6 Å². The first-order chi connectivity index (χ1) is 13.6. The van der Waals surface area contributed by atoms with Crippen molar-refractivity contribution in [3.05, 3.63) is 59.7 Å². The molecule has 0 atom stereocenters. The topological polar surface area (TPSA) is 70.6 Å². The van der Waals surface area contributed by atoms with E-state index in [1.165, 1.54) is 6.08 Å². The van der Waals surface area contributed by atoms with Crippen molar-refractivity contribution in [3.8, 4) is 11.5 Å². The minimum atomic E-state index is -0.137. The second-order valence-electron chi connectivity index (χ2n) is 6.60. The number of nitrogens with one attached hydrogen (secondary N) is 2. The van der Waals surface area contributed by atoms with Crippen LogP contribution in [0.4, 0.5) is 5.69 Å². The largest absolute Gasteiger partial charge is 0.508 e. The third-order valence-electron chi connectivity index (χ3n) is 4.36. The van der Waals surface area contributed by atoms with Crippen LogP contribution in [-0.4, -0.2) is 31.2 Å². The molecule has 5 heteroatoms. The SMILES string of the molecule is CCCCCOc1cc(/C=C/C(=O)NCCc2ccc(O)cc2)ccc1NC. The van der Waals surface area contributed by atoms with Crippen LogP contribution in [0.2, 0.25) is 0 Å². The Balaban J connectivity index is 1.85. The summed E-state index contributed by atoms with van der Waals surface area (Å²) in [5.41, 5.74) is 2.92. The normalized spacial score (nSPS) is 10.8. The van der Waals surface area contributed by atoms with Gasteiger partial charge in [0.25, 0.3) is 0 Å². The molecular weight excluding hydrogens is 352 g/mol. The molecule has 3 N–H and O–H groups in total. The van der Waals surface area contributed by atoms with Crippen molar-refractivity contribution in [2.45, 2.75) is 32.6 Å². The van der Waals surface area contributed by atoms with Gasteiger partial charge in [0.05, 0.1) is 12.3 Å². The molecule has 0 aliphatic heterocycles. The van der Waals surface area contributed by atoms with Gasteiger partial charge in [-0.2, -0.15) is 0 Å².